The minimum Gasteiger partial charge on any atom is -0.480 e. The quantitative estimate of drug-likeness (QED) is 0.852. The van der Waals surface area contributed by atoms with Crippen molar-refractivity contribution >= 4 is 21.9 Å². The zero-order valence-corrected chi connectivity index (χ0v) is 9.57. The first-order chi connectivity index (χ1) is 7.18. The van der Waals surface area contributed by atoms with Crippen LogP contribution in [0.3, 0.4) is 0 Å². The molecule has 2 heterocycles. The molecule has 0 aliphatic carbocycles. The minimum atomic E-state index is -0.794. The van der Waals surface area contributed by atoms with Gasteiger partial charge >= 0.3 is 5.97 Å². The van der Waals surface area contributed by atoms with E-state index in [1.54, 1.807) is 12.4 Å². The number of pyridine rings is 1. The lowest BCUT2D eigenvalue weighted by Crippen LogP contribution is -2.34. The van der Waals surface area contributed by atoms with Crippen molar-refractivity contribution in [3.8, 4) is 0 Å². The van der Waals surface area contributed by atoms with Crippen molar-refractivity contribution in [3.63, 3.8) is 0 Å². The van der Waals surface area contributed by atoms with Crippen molar-refractivity contribution in [3.05, 3.63) is 28.5 Å². The molecular weight excluding hydrogens is 260 g/mol. The Morgan fingerprint density at radius 3 is 3.07 bits per heavy atom. The predicted octanol–water partition coefficient (Wildman–Crippen LogP) is 1.37. The fourth-order valence-corrected chi connectivity index (χ4v) is 2.34. The van der Waals surface area contributed by atoms with Crippen LogP contribution in [0.15, 0.2) is 22.9 Å². The molecule has 2 rings (SSSR count). The second-order valence-corrected chi connectivity index (χ2v) is 4.52. The van der Waals surface area contributed by atoms with Crippen molar-refractivity contribution < 1.29 is 9.90 Å². The molecular formula is C10H11BrN2O2. The number of rotatable bonds is 2. The van der Waals surface area contributed by atoms with Crippen LogP contribution >= 0.6 is 15.9 Å². The number of aliphatic carboxylic acids is 1. The third-order valence-corrected chi connectivity index (χ3v) is 3.08. The lowest BCUT2D eigenvalue weighted by atomic mass is 9.93. The standard InChI is InChI=1S/C10H11BrN2O2/c11-7-3-6(4-12-5-7)8-1-2-13-9(8)10(14)15/h3-5,8-9,13H,1-2H2,(H,14,15). The molecule has 2 atom stereocenters. The second-order valence-electron chi connectivity index (χ2n) is 3.60. The summed E-state index contributed by atoms with van der Waals surface area (Å²) in [5.74, 6) is -0.773. The average molecular weight is 271 g/mol. The van der Waals surface area contributed by atoms with Crippen LogP contribution in [0.25, 0.3) is 0 Å². The maximum atomic E-state index is 11.0. The van der Waals surface area contributed by atoms with Gasteiger partial charge in [-0.3, -0.25) is 9.78 Å². The van der Waals surface area contributed by atoms with Gasteiger partial charge in [-0.05, 0) is 40.5 Å². The molecule has 15 heavy (non-hydrogen) atoms. The summed E-state index contributed by atoms with van der Waals surface area (Å²) >= 11 is 3.34. The fraction of sp³-hybridized carbons (Fsp3) is 0.400. The molecule has 0 spiro atoms. The minimum absolute atomic E-state index is 0.0208. The Morgan fingerprint density at radius 1 is 1.60 bits per heavy atom. The Kier molecular flexibility index (Phi) is 3.02. The monoisotopic (exact) mass is 270 g/mol. The van der Waals surface area contributed by atoms with Crippen LogP contribution in [-0.4, -0.2) is 28.6 Å². The molecule has 1 aliphatic heterocycles. The van der Waals surface area contributed by atoms with Gasteiger partial charge < -0.3 is 10.4 Å². The van der Waals surface area contributed by atoms with Gasteiger partial charge in [0, 0.05) is 22.8 Å². The van der Waals surface area contributed by atoms with Crippen molar-refractivity contribution in [1.82, 2.24) is 10.3 Å². The van der Waals surface area contributed by atoms with Crippen LogP contribution in [0, 0.1) is 0 Å². The summed E-state index contributed by atoms with van der Waals surface area (Å²) in [6, 6.07) is 1.45. The smallest absolute Gasteiger partial charge is 0.321 e. The highest BCUT2D eigenvalue weighted by Gasteiger charge is 2.33. The molecule has 1 aliphatic rings. The van der Waals surface area contributed by atoms with E-state index < -0.39 is 12.0 Å². The number of nitrogens with zero attached hydrogens (tertiary/aromatic N) is 1. The number of carbonyl (C=O) groups is 1. The number of carboxylic acids is 1. The van der Waals surface area contributed by atoms with Gasteiger partial charge in [-0.15, -0.1) is 0 Å². The molecule has 1 saturated heterocycles. The first kappa shape index (κ1) is 10.6. The number of aromatic nitrogens is 1. The second kappa shape index (κ2) is 4.28. The Hall–Kier alpha value is -0.940. The summed E-state index contributed by atoms with van der Waals surface area (Å²) in [6.07, 6.45) is 4.27. The largest absolute Gasteiger partial charge is 0.480 e. The fourth-order valence-electron chi connectivity index (χ4n) is 1.95. The molecule has 80 valence electrons. The highest BCUT2D eigenvalue weighted by molar-refractivity contribution is 9.10. The van der Waals surface area contributed by atoms with Gasteiger partial charge in [0.15, 0.2) is 0 Å². The van der Waals surface area contributed by atoms with E-state index in [-0.39, 0.29) is 5.92 Å². The van der Waals surface area contributed by atoms with E-state index >= 15 is 0 Å². The van der Waals surface area contributed by atoms with Gasteiger partial charge in [0.1, 0.15) is 6.04 Å². The number of halogens is 1. The van der Waals surface area contributed by atoms with Crippen LogP contribution in [0.4, 0.5) is 0 Å². The van der Waals surface area contributed by atoms with Crippen LogP contribution in [0.5, 0.6) is 0 Å². The van der Waals surface area contributed by atoms with E-state index in [4.69, 9.17) is 5.11 Å². The maximum absolute atomic E-state index is 11.0. The van der Waals surface area contributed by atoms with Crippen molar-refractivity contribution in [2.45, 2.75) is 18.4 Å². The summed E-state index contributed by atoms with van der Waals surface area (Å²) in [7, 11) is 0. The molecule has 1 fully saturated rings. The van der Waals surface area contributed by atoms with E-state index in [9.17, 15) is 4.79 Å². The summed E-state index contributed by atoms with van der Waals surface area (Å²) < 4.78 is 0.885. The topological polar surface area (TPSA) is 62.2 Å². The molecule has 4 nitrogen and oxygen atoms in total. The summed E-state index contributed by atoms with van der Waals surface area (Å²) in [4.78, 5) is 15.0. The molecule has 0 amide bonds. The van der Waals surface area contributed by atoms with Gasteiger partial charge in [0.2, 0.25) is 0 Å². The van der Waals surface area contributed by atoms with E-state index in [1.165, 1.54) is 0 Å². The zero-order chi connectivity index (χ0) is 10.8. The number of hydrogen-bond donors (Lipinski definition) is 2. The van der Waals surface area contributed by atoms with Crippen molar-refractivity contribution in [2.24, 2.45) is 0 Å². The normalized spacial score (nSPS) is 25.4. The number of hydrogen-bond acceptors (Lipinski definition) is 3. The summed E-state index contributed by atoms with van der Waals surface area (Å²) in [5.41, 5.74) is 0.974. The Bertz CT molecular complexity index is 383. The lowest BCUT2D eigenvalue weighted by Gasteiger charge is -2.15. The van der Waals surface area contributed by atoms with Gasteiger partial charge in [-0.25, -0.2) is 0 Å². The molecule has 0 radical (unpaired) electrons. The van der Waals surface area contributed by atoms with Crippen LogP contribution < -0.4 is 5.32 Å². The highest BCUT2D eigenvalue weighted by atomic mass is 79.9. The third-order valence-electron chi connectivity index (χ3n) is 2.64. The molecule has 0 saturated carbocycles. The van der Waals surface area contributed by atoms with E-state index in [2.05, 4.69) is 26.2 Å². The first-order valence-electron chi connectivity index (χ1n) is 4.75. The molecule has 1 aromatic heterocycles. The third kappa shape index (κ3) is 2.18. The maximum Gasteiger partial charge on any atom is 0.321 e. The predicted molar refractivity (Wildman–Crippen MR) is 58.7 cm³/mol. The van der Waals surface area contributed by atoms with Crippen LogP contribution in [-0.2, 0) is 4.79 Å². The highest BCUT2D eigenvalue weighted by Crippen LogP contribution is 2.28. The molecule has 0 bridgehead atoms. The van der Waals surface area contributed by atoms with Crippen molar-refractivity contribution in [2.75, 3.05) is 6.54 Å². The molecule has 5 heteroatoms. The SMILES string of the molecule is O=C(O)C1NCCC1c1cncc(Br)c1. The molecule has 1 aromatic rings. The van der Waals surface area contributed by atoms with Crippen LogP contribution in [0.1, 0.15) is 17.9 Å². The molecule has 2 N–H and O–H groups in total. The average Bonchev–Trinajstić information content (AvgIpc) is 2.65. The van der Waals surface area contributed by atoms with Crippen molar-refractivity contribution in [1.29, 1.82) is 0 Å². The number of nitrogens with one attached hydrogen (secondary N) is 1. The Balaban J connectivity index is 2.26. The lowest BCUT2D eigenvalue weighted by molar-refractivity contribution is -0.139. The molecule has 2 unspecified atom stereocenters. The summed E-state index contributed by atoms with van der Waals surface area (Å²) in [6.45, 7) is 0.744. The van der Waals surface area contributed by atoms with Crippen LogP contribution in [0.2, 0.25) is 0 Å². The van der Waals surface area contributed by atoms with Gasteiger partial charge in [-0.2, -0.15) is 0 Å². The zero-order valence-electron chi connectivity index (χ0n) is 7.98. The van der Waals surface area contributed by atoms with E-state index in [0.717, 1.165) is 23.0 Å². The Labute approximate surface area is 95.8 Å². The van der Waals surface area contributed by atoms with E-state index in [0.29, 0.717) is 0 Å². The van der Waals surface area contributed by atoms with Gasteiger partial charge in [-0.1, -0.05) is 0 Å². The number of carboxylic acid groups (broad SMARTS) is 1. The van der Waals surface area contributed by atoms with Gasteiger partial charge in [0.05, 0.1) is 0 Å². The molecule has 0 aromatic carbocycles. The van der Waals surface area contributed by atoms with E-state index in [1.807, 2.05) is 6.07 Å². The summed E-state index contributed by atoms with van der Waals surface area (Å²) in [5, 5.41) is 12.0. The van der Waals surface area contributed by atoms with Gasteiger partial charge in [0.25, 0.3) is 0 Å². The Morgan fingerprint density at radius 2 is 2.40 bits per heavy atom. The first-order valence-corrected chi connectivity index (χ1v) is 5.54.